The molecule has 0 bridgehead atoms. The summed E-state index contributed by atoms with van der Waals surface area (Å²) in [6, 6.07) is 4.85. The minimum atomic E-state index is -0.996. The quantitative estimate of drug-likeness (QED) is 0.181. The molecule has 2 aromatic rings. The molecule has 0 radical (unpaired) electrons. The number of likely N-dealkylation sites (N-methyl/N-ethyl adjacent to an activating group) is 1. The first-order valence-corrected chi connectivity index (χ1v) is 7.83. The van der Waals surface area contributed by atoms with Gasteiger partial charge in [-0.2, -0.15) is 5.26 Å². The topological polar surface area (TPSA) is 161 Å². The van der Waals surface area contributed by atoms with Gasteiger partial charge in [-0.15, -0.1) is 0 Å². The van der Waals surface area contributed by atoms with Gasteiger partial charge in [0.15, 0.2) is 11.3 Å². The number of aliphatic hydroxyl groups is 1. The Kier molecular flexibility index (Phi) is 5.50. The van der Waals surface area contributed by atoms with E-state index in [1.165, 1.54) is 13.2 Å². The van der Waals surface area contributed by atoms with Crippen molar-refractivity contribution in [3.8, 4) is 17.6 Å². The monoisotopic (exact) mass is 384 g/mol. The van der Waals surface area contributed by atoms with Crippen LogP contribution in [0, 0.1) is 35.3 Å². The van der Waals surface area contributed by atoms with Crippen LogP contribution in [0.1, 0.15) is 16.8 Å². The highest BCUT2D eigenvalue weighted by atomic mass is 16.6. The Morgan fingerprint density at radius 1 is 1.29 bits per heavy atom. The molecule has 0 aliphatic carbocycles. The van der Waals surface area contributed by atoms with E-state index in [2.05, 4.69) is 4.98 Å². The Morgan fingerprint density at radius 2 is 1.93 bits per heavy atom. The van der Waals surface area contributed by atoms with Crippen molar-refractivity contribution < 1.29 is 25.0 Å². The van der Waals surface area contributed by atoms with Crippen LogP contribution >= 0.6 is 0 Å². The van der Waals surface area contributed by atoms with Gasteiger partial charge in [-0.3, -0.25) is 19.9 Å². The Bertz CT molecular complexity index is 1050. The van der Waals surface area contributed by atoms with Crippen molar-refractivity contribution in [2.24, 2.45) is 0 Å². The first-order valence-electron chi connectivity index (χ1n) is 7.83. The van der Waals surface area contributed by atoms with Crippen LogP contribution in [0.2, 0.25) is 0 Å². The third-order valence-corrected chi connectivity index (χ3v) is 3.99. The highest BCUT2D eigenvalue weighted by Crippen LogP contribution is 2.38. The molecule has 1 amide bonds. The molecule has 0 fully saturated rings. The second-order valence-electron chi connectivity index (χ2n) is 5.93. The molecule has 0 saturated carbocycles. The fourth-order valence-electron chi connectivity index (χ4n) is 2.54. The lowest BCUT2D eigenvalue weighted by molar-refractivity contribution is -0.386. The number of anilines is 1. The molecule has 1 aromatic heterocycles. The minimum Gasteiger partial charge on any atom is -0.506 e. The molecule has 3 N–H and O–H groups in total. The molecule has 0 unspecified atom stereocenters. The van der Waals surface area contributed by atoms with E-state index in [1.54, 1.807) is 26.0 Å². The molecule has 10 heteroatoms. The van der Waals surface area contributed by atoms with Gasteiger partial charge < -0.3 is 20.2 Å². The number of rotatable bonds is 4. The number of aromatic hydroxyl groups is 2. The van der Waals surface area contributed by atoms with E-state index in [0.29, 0.717) is 11.3 Å². The Labute approximate surface area is 159 Å². The fraction of sp³-hybridized carbons (Fsp3) is 0.167. The predicted molar refractivity (Wildman–Crippen MR) is 98.7 cm³/mol. The summed E-state index contributed by atoms with van der Waals surface area (Å²) in [5.74, 6) is -3.64. The highest BCUT2D eigenvalue weighted by molar-refractivity contribution is 6.12. The minimum absolute atomic E-state index is 0.376. The van der Waals surface area contributed by atoms with Gasteiger partial charge in [-0.1, -0.05) is 0 Å². The number of aliphatic hydroxyl groups excluding tert-OH is 1. The molecule has 2 rings (SSSR count). The van der Waals surface area contributed by atoms with Crippen LogP contribution in [0.5, 0.6) is 11.5 Å². The van der Waals surface area contributed by atoms with E-state index in [-0.39, 0.29) is 5.56 Å². The van der Waals surface area contributed by atoms with Crippen LogP contribution in [-0.4, -0.2) is 38.2 Å². The van der Waals surface area contributed by atoms with Crippen LogP contribution in [0.25, 0.3) is 5.76 Å². The number of hydrogen-bond donors (Lipinski definition) is 3. The van der Waals surface area contributed by atoms with Crippen molar-refractivity contribution in [1.29, 1.82) is 5.26 Å². The summed E-state index contributed by atoms with van der Waals surface area (Å²) >= 11 is 0. The zero-order valence-corrected chi connectivity index (χ0v) is 15.2. The van der Waals surface area contributed by atoms with Crippen LogP contribution in [0.3, 0.4) is 0 Å². The standard InChI is InChI=1S/C18H16N4O6/c1-9-4-10(2)20-8-14(9)21(3)18(26)12(7-19)16(24)11-5-13(22(27)28)17(25)15(23)6-11/h4-6,8,23-25H,1-3H3/b16-12-. The van der Waals surface area contributed by atoms with Gasteiger partial charge in [0.25, 0.3) is 5.91 Å². The maximum absolute atomic E-state index is 12.7. The third kappa shape index (κ3) is 3.68. The summed E-state index contributed by atoms with van der Waals surface area (Å²) in [6.07, 6.45) is 1.44. The number of phenolic OH excluding ortho intramolecular Hbond substituents is 2. The number of nitrogens with zero attached hydrogens (tertiary/aromatic N) is 4. The molecule has 28 heavy (non-hydrogen) atoms. The first-order chi connectivity index (χ1) is 13.1. The van der Waals surface area contributed by atoms with Gasteiger partial charge in [-0.25, -0.2) is 0 Å². The van der Waals surface area contributed by atoms with Gasteiger partial charge in [0.05, 0.1) is 16.8 Å². The summed E-state index contributed by atoms with van der Waals surface area (Å²) in [7, 11) is 1.38. The van der Waals surface area contributed by atoms with Gasteiger partial charge in [0, 0.05) is 24.4 Å². The van der Waals surface area contributed by atoms with E-state index < -0.39 is 39.3 Å². The number of phenols is 2. The van der Waals surface area contributed by atoms with E-state index in [4.69, 9.17) is 0 Å². The van der Waals surface area contributed by atoms with Crippen molar-refractivity contribution in [3.05, 3.63) is 56.9 Å². The summed E-state index contributed by atoms with van der Waals surface area (Å²) < 4.78 is 0. The molecular weight excluding hydrogens is 368 g/mol. The third-order valence-electron chi connectivity index (χ3n) is 3.99. The molecule has 1 aromatic carbocycles. The van der Waals surface area contributed by atoms with Crippen LogP contribution in [0.15, 0.2) is 30.0 Å². The maximum Gasteiger partial charge on any atom is 0.315 e. The van der Waals surface area contributed by atoms with Crippen molar-refractivity contribution >= 4 is 23.0 Å². The fourth-order valence-corrected chi connectivity index (χ4v) is 2.54. The van der Waals surface area contributed by atoms with Crippen molar-refractivity contribution in [2.75, 3.05) is 11.9 Å². The van der Waals surface area contributed by atoms with Crippen LogP contribution < -0.4 is 4.90 Å². The molecule has 0 atom stereocenters. The normalized spacial score (nSPS) is 11.4. The zero-order valence-electron chi connectivity index (χ0n) is 15.2. The largest absolute Gasteiger partial charge is 0.506 e. The number of amides is 1. The van der Waals surface area contributed by atoms with Gasteiger partial charge in [0.2, 0.25) is 5.75 Å². The number of carbonyl (C=O) groups is 1. The number of aromatic nitrogens is 1. The predicted octanol–water partition coefficient (Wildman–Crippen LogP) is 2.47. The molecular formula is C18H16N4O6. The first kappa shape index (κ1) is 20.2. The molecule has 1 heterocycles. The average Bonchev–Trinajstić information content (AvgIpc) is 2.63. The second kappa shape index (κ2) is 7.63. The molecule has 144 valence electrons. The number of carbonyl (C=O) groups excluding carboxylic acids is 1. The summed E-state index contributed by atoms with van der Waals surface area (Å²) in [5.41, 5.74) is -0.138. The Morgan fingerprint density at radius 3 is 2.46 bits per heavy atom. The maximum atomic E-state index is 12.7. The van der Waals surface area contributed by atoms with Gasteiger partial charge in [-0.05, 0) is 31.5 Å². The Hall–Kier alpha value is -4.13. The number of hydrogen-bond acceptors (Lipinski definition) is 8. The van der Waals surface area contributed by atoms with E-state index >= 15 is 0 Å². The number of nitro groups is 1. The van der Waals surface area contributed by atoms with Crippen molar-refractivity contribution in [2.45, 2.75) is 13.8 Å². The SMILES string of the molecule is Cc1cc(C)c(N(C)C(=O)/C(C#N)=C(\O)c2cc(O)c(O)c([N+](=O)[O-])c2)cn1. The van der Waals surface area contributed by atoms with E-state index in [9.17, 15) is 35.5 Å². The highest BCUT2D eigenvalue weighted by Gasteiger charge is 2.26. The molecule has 0 aliphatic heterocycles. The lowest BCUT2D eigenvalue weighted by Crippen LogP contribution is -2.29. The molecule has 0 aliphatic rings. The van der Waals surface area contributed by atoms with Crippen LogP contribution in [-0.2, 0) is 4.79 Å². The van der Waals surface area contributed by atoms with E-state index in [1.807, 2.05) is 0 Å². The van der Waals surface area contributed by atoms with Gasteiger partial charge in [0.1, 0.15) is 11.8 Å². The van der Waals surface area contributed by atoms with Crippen molar-refractivity contribution in [3.63, 3.8) is 0 Å². The lowest BCUT2D eigenvalue weighted by atomic mass is 10.1. The average molecular weight is 384 g/mol. The summed E-state index contributed by atoms with van der Waals surface area (Å²) in [6.45, 7) is 3.51. The number of nitro benzene ring substituents is 1. The Balaban J connectivity index is 2.56. The number of nitriles is 1. The summed E-state index contributed by atoms with van der Waals surface area (Å²) in [4.78, 5) is 27.9. The number of aryl methyl sites for hydroxylation is 2. The summed E-state index contributed by atoms with van der Waals surface area (Å²) in [5, 5.41) is 49.9. The smallest absolute Gasteiger partial charge is 0.315 e. The molecule has 0 spiro atoms. The number of benzene rings is 1. The second-order valence-corrected chi connectivity index (χ2v) is 5.93. The number of pyridine rings is 1. The lowest BCUT2D eigenvalue weighted by Gasteiger charge is -2.19. The van der Waals surface area contributed by atoms with Gasteiger partial charge >= 0.3 is 5.69 Å². The van der Waals surface area contributed by atoms with E-state index in [0.717, 1.165) is 22.7 Å². The molecule has 0 saturated heterocycles. The zero-order chi connectivity index (χ0) is 21.2. The van der Waals surface area contributed by atoms with Crippen LogP contribution in [0.4, 0.5) is 11.4 Å². The van der Waals surface area contributed by atoms with Crippen molar-refractivity contribution in [1.82, 2.24) is 4.98 Å². The molecule has 10 nitrogen and oxygen atoms in total.